The molecular formula is C17H19N3OS. The van der Waals surface area contributed by atoms with Crippen LogP contribution in [0.1, 0.15) is 12.5 Å². The van der Waals surface area contributed by atoms with Crippen molar-refractivity contribution in [2.75, 3.05) is 11.9 Å². The molecule has 114 valence electrons. The zero-order valence-corrected chi connectivity index (χ0v) is 13.6. The minimum absolute atomic E-state index is 0.682. The second-order valence-electron chi connectivity index (χ2n) is 4.97. The van der Waals surface area contributed by atoms with Crippen LogP contribution in [0.5, 0.6) is 5.75 Å². The van der Waals surface area contributed by atoms with Crippen molar-refractivity contribution in [1.82, 2.24) is 9.55 Å². The first-order chi connectivity index (χ1) is 10.8. The molecule has 0 amide bonds. The maximum absolute atomic E-state index is 5.48. The van der Waals surface area contributed by atoms with Crippen molar-refractivity contribution in [1.29, 1.82) is 0 Å². The molecule has 5 heteroatoms. The van der Waals surface area contributed by atoms with E-state index >= 15 is 0 Å². The second kappa shape index (κ2) is 6.66. The number of aromatic nitrogens is 2. The van der Waals surface area contributed by atoms with Crippen LogP contribution in [0.25, 0.3) is 11.3 Å². The van der Waals surface area contributed by atoms with Crippen LogP contribution in [0.3, 0.4) is 0 Å². The summed E-state index contributed by atoms with van der Waals surface area (Å²) in [5.74, 6) is 1.76. The molecule has 0 aliphatic rings. The molecular weight excluding hydrogens is 294 g/mol. The van der Waals surface area contributed by atoms with Gasteiger partial charge in [-0.3, -0.25) is 0 Å². The van der Waals surface area contributed by atoms with Crippen LogP contribution in [0.4, 0.5) is 5.95 Å². The third-order valence-electron chi connectivity index (χ3n) is 3.48. The average molecular weight is 313 g/mol. The smallest absolute Gasteiger partial charge is 0.203 e. The minimum Gasteiger partial charge on any atom is -0.494 e. The van der Waals surface area contributed by atoms with E-state index in [4.69, 9.17) is 4.74 Å². The number of nitrogens with one attached hydrogen (secondary N) is 1. The van der Waals surface area contributed by atoms with E-state index in [2.05, 4.69) is 43.8 Å². The van der Waals surface area contributed by atoms with E-state index in [1.807, 2.05) is 32.3 Å². The van der Waals surface area contributed by atoms with Crippen LogP contribution >= 0.6 is 11.3 Å². The second-order valence-corrected chi connectivity index (χ2v) is 5.75. The van der Waals surface area contributed by atoms with E-state index in [1.54, 1.807) is 11.3 Å². The molecule has 0 saturated carbocycles. The molecule has 0 unspecified atom stereocenters. The summed E-state index contributed by atoms with van der Waals surface area (Å²) in [4.78, 5) is 4.47. The van der Waals surface area contributed by atoms with Gasteiger partial charge in [-0.1, -0.05) is 0 Å². The van der Waals surface area contributed by atoms with Crippen molar-refractivity contribution in [2.45, 2.75) is 13.5 Å². The van der Waals surface area contributed by atoms with Gasteiger partial charge in [-0.15, -0.1) is 0 Å². The van der Waals surface area contributed by atoms with Crippen molar-refractivity contribution >= 4 is 17.3 Å². The van der Waals surface area contributed by atoms with Crippen LogP contribution in [0.15, 0.2) is 47.3 Å². The van der Waals surface area contributed by atoms with E-state index in [9.17, 15) is 0 Å². The highest BCUT2D eigenvalue weighted by atomic mass is 32.1. The lowest BCUT2D eigenvalue weighted by Crippen LogP contribution is -2.05. The summed E-state index contributed by atoms with van der Waals surface area (Å²) in [6.07, 6.45) is 1.89. The summed E-state index contributed by atoms with van der Waals surface area (Å²) in [6, 6.07) is 10.2. The van der Waals surface area contributed by atoms with Crippen molar-refractivity contribution in [3.05, 3.63) is 52.9 Å². The Balaban J connectivity index is 1.74. The number of imidazole rings is 1. The van der Waals surface area contributed by atoms with E-state index in [1.165, 1.54) is 5.56 Å². The summed E-state index contributed by atoms with van der Waals surface area (Å²) in [6.45, 7) is 3.46. The molecule has 22 heavy (non-hydrogen) atoms. The first kappa shape index (κ1) is 14.7. The van der Waals surface area contributed by atoms with Crippen LogP contribution in [-0.4, -0.2) is 16.2 Å². The average Bonchev–Trinajstić information content (AvgIpc) is 3.16. The molecule has 0 radical (unpaired) electrons. The monoisotopic (exact) mass is 313 g/mol. The topological polar surface area (TPSA) is 39.1 Å². The molecule has 0 bridgehead atoms. The maximum atomic E-state index is 5.48. The van der Waals surface area contributed by atoms with Gasteiger partial charge in [-0.25, -0.2) is 4.98 Å². The van der Waals surface area contributed by atoms with E-state index in [-0.39, 0.29) is 0 Å². The Labute approximate surface area is 134 Å². The molecule has 3 rings (SSSR count). The van der Waals surface area contributed by atoms with E-state index < -0.39 is 0 Å². The lowest BCUT2D eigenvalue weighted by atomic mass is 10.1. The van der Waals surface area contributed by atoms with Gasteiger partial charge in [0.1, 0.15) is 5.75 Å². The summed E-state index contributed by atoms with van der Waals surface area (Å²) < 4.78 is 7.55. The van der Waals surface area contributed by atoms with Gasteiger partial charge in [-0.05, 0) is 53.6 Å². The number of nitrogens with zero attached hydrogens (tertiary/aromatic N) is 2. The Morgan fingerprint density at radius 1 is 1.23 bits per heavy atom. The number of thiophene rings is 1. The molecule has 0 saturated heterocycles. The largest absolute Gasteiger partial charge is 0.494 e. The van der Waals surface area contributed by atoms with Crippen molar-refractivity contribution in [2.24, 2.45) is 7.05 Å². The van der Waals surface area contributed by atoms with Gasteiger partial charge >= 0.3 is 0 Å². The van der Waals surface area contributed by atoms with E-state index in [0.717, 1.165) is 29.5 Å². The number of benzene rings is 1. The fourth-order valence-corrected chi connectivity index (χ4v) is 2.97. The molecule has 0 atom stereocenters. The standard InChI is InChI=1S/C17H19N3OS/c1-3-21-15-6-4-14(5-7-15)16-11-19-17(20(16)2)18-10-13-8-9-22-12-13/h4-9,11-12H,3,10H2,1-2H3,(H,18,19). The normalized spacial score (nSPS) is 10.6. The fourth-order valence-electron chi connectivity index (χ4n) is 2.30. The van der Waals surface area contributed by atoms with Gasteiger partial charge < -0.3 is 14.6 Å². The van der Waals surface area contributed by atoms with Crippen LogP contribution in [-0.2, 0) is 13.6 Å². The zero-order chi connectivity index (χ0) is 15.4. The maximum Gasteiger partial charge on any atom is 0.203 e. The van der Waals surface area contributed by atoms with Crippen LogP contribution in [0, 0.1) is 0 Å². The molecule has 1 N–H and O–H groups in total. The lowest BCUT2D eigenvalue weighted by molar-refractivity contribution is 0.340. The number of hydrogen-bond donors (Lipinski definition) is 1. The predicted octanol–water partition coefficient (Wildman–Crippen LogP) is 4.16. The summed E-state index contributed by atoms with van der Waals surface area (Å²) in [5, 5.41) is 7.60. The molecule has 0 fully saturated rings. The SMILES string of the molecule is CCOc1ccc(-c2cnc(NCc3ccsc3)n2C)cc1. The lowest BCUT2D eigenvalue weighted by Gasteiger charge is -2.08. The Kier molecular flexibility index (Phi) is 4.44. The van der Waals surface area contributed by atoms with Gasteiger partial charge in [0.15, 0.2) is 0 Å². The number of hydrogen-bond acceptors (Lipinski definition) is 4. The quantitative estimate of drug-likeness (QED) is 0.742. The highest BCUT2D eigenvalue weighted by Gasteiger charge is 2.08. The van der Waals surface area contributed by atoms with Crippen molar-refractivity contribution in [3.8, 4) is 17.0 Å². The third kappa shape index (κ3) is 3.14. The first-order valence-corrected chi connectivity index (χ1v) is 8.22. The predicted molar refractivity (Wildman–Crippen MR) is 91.5 cm³/mol. The minimum atomic E-state index is 0.682. The Morgan fingerprint density at radius 3 is 2.73 bits per heavy atom. The molecule has 1 aromatic carbocycles. The van der Waals surface area contributed by atoms with E-state index in [0.29, 0.717) is 6.61 Å². The Hall–Kier alpha value is -2.27. The van der Waals surface area contributed by atoms with Crippen LogP contribution in [0.2, 0.25) is 0 Å². The number of anilines is 1. The molecule has 3 aromatic rings. The van der Waals surface area contributed by atoms with Gasteiger partial charge in [0.2, 0.25) is 5.95 Å². The highest BCUT2D eigenvalue weighted by molar-refractivity contribution is 7.07. The molecule has 0 spiro atoms. The molecule has 0 aliphatic carbocycles. The first-order valence-electron chi connectivity index (χ1n) is 7.28. The summed E-state index contributed by atoms with van der Waals surface area (Å²) in [5.41, 5.74) is 3.48. The van der Waals surface area contributed by atoms with Crippen molar-refractivity contribution < 1.29 is 4.74 Å². The van der Waals surface area contributed by atoms with Gasteiger partial charge in [0, 0.05) is 19.2 Å². The third-order valence-corrected chi connectivity index (χ3v) is 4.21. The molecule has 2 heterocycles. The Morgan fingerprint density at radius 2 is 2.05 bits per heavy atom. The summed E-state index contributed by atoms with van der Waals surface area (Å²) >= 11 is 1.71. The number of ether oxygens (including phenoxy) is 1. The summed E-state index contributed by atoms with van der Waals surface area (Å²) in [7, 11) is 2.02. The fraction of sp³-hybridized carbons (Fsp3) is 0.235. The Bertz CT molecular complexity index is 717. The zero-order valence-electron chi connectivity index (χ0n) is 12.7. The molecule has 2 aromatic heterocycles. The molecule has 4 nitrogen and oxygen atoms in total. The number of rotatable bonds is 6. The molecule has 0 aliphatic heterocycles. The van der Waals surface area contributed by atoms with Gasteiger partial charge in [0.25, 0.3) is 0 Å². The van der Waals surface area contributed by atoms with Gasteiger partial charge in [-0.2, -0.15) is 11.3 Å². The van der Waals surface area contributed by atoms with Crippen LogP contribution < -0.4 is 10.1 Å². The van der Waals surface area contributed by atoms with Gasteiger partial charge in [0.05, 0.1) is 18.5 Å². The van der Waals surface area contributed by atoms with Crippen molar-refractivity contribution in [3.63, 3.8) is 0 Å². The highest BCUT2D eigenvalue weighted by Crippen LogP contribution is 2.24.